The Balaban J connectivity index is 1.31. The monoisotopic (exact) mass is 481 g/mol. The lowest BCUT2D eigenvalue weighted by atomic mass is 9.77. The zero-order chi connectivity index (χ0) is 24.1. The molecule has 2 heterocycles. The van der Waals surface area contributed by atoms with E-state index in [1.54, 1.807) is 0 Å². The van der Waals surface area contributed by atoms with Crippen LogP contribution in [0.4, 0.5) is 0 Å². The van der Waals surface area contributed by atoms with Gasteiger partial charge in [-0.3, -0.25) is 9.59 Å². The van der Waals surface area contributed by atoms with Crippen LogP contribution in [0.25, 0.3) is 0 Å². The molecule has 1 atom stereocenters. The van der Waals surface area contributed by atoms with E-state index >= 15 is 0 Å². The van der Waals surface area contributed by atoms with E-state index in [-0.39, 0.29) is 23.3 Å². The average molecular weight is 482 g/mol. The van der Waals surface area contributed by atoms with Gasteiger partial charge >= 0.3 is 0 Å². The molecule has 0 aromatic heterocycles. The number of amides is 2. The highest BCUT2D eigenvalue weighted by atomic mass is 35.5. The highest BCUT2D eigenvalue weighted by Crippen LogP contribution is 2.42. The molecule has 1 N–H and O–H groups in total. The molecule has 1 spiro atoms. The summed E-state index contributed by atoms with van der Waals surface area (Å²) in [7, 11) is 0. The van der Waals surface area contributed by atoms with Crippen molar-refractivity contribution in [1.29, 1.82) is 0 Å². The molecule has 2 saturated heterocycles. The number of hydrogen-bond acceptors (Lipinski definition) is 3. The van der Waals surface area contributed by atoms with Crippen LogP contribution < -0.4 is 5.32 Å². The van der Waals surface area contributed by atoms with Gasteiger partial charge in [-0.1, -0.05) is 67.9 Å². The highest BCUT2D eigenvalue weighted by Gasteiger charge is 2.47. The van der Waals surface area contributed by atoms with Gasteiger partial charge in [0.25, 0.3) is 0 Å². The van der Waals surface area contributed by atoms with Crippen LogP contribution >= 0.6 is 11.6 Å². The van der Waals surface area contributed by atoms with Gasteiger partial charge in [0.2, 0.25) is 11.8 Å². The summed E-state index contributed by atoms with van der Waals surface area (Å²) in [6.45, 7) is 8.12. The van der Waals surface area contributed by atoms with Gasteiger partial charge in [0.1, 0.15) is 0 Å². The fourth-order valence-electron chi connectivity index (χ4n) is 5.18. The van der Waals surface area contributed by atoms with Gasteiger partial charge < -0.3 is 15.1 Å². The van der Waals surface area contributed by atoms with E-state index in [4.69, 9.17) is 11.6 Å². The summed E-state index contributed by atoms with van der Waals surface area (Å²) in [6, 6.07) is 18.0. The predicted octanol–water partition coefficient (Wildman–Crippen LogP) is 5.06. The van der Waals surface area contributed by atoms with Crippen LogP contribution in [-0.4, -0.2) is 47.8 Å². The van der Waals surface area contributed by atoms with E-state index in [9.17, 15) is 9.59 Å². The molecular weight excluding hydrogens is 446 g/mol. The fourth-order valence-corrected chi connectivity index (χ4v) is 5.31. The molecule has 34 heavy (non-hydrogen) atoms. The summed E-state index contributed by atoms with van der Waals surface area (Å²) in [5.41, 5.74) is 2.07. The topological polar surface area (TPSA) is 52.7 Å². The minimum Gasteiger partial charge on any atom is -0.349 e. The molecule has 2 aliphatic rings. The van der Waals surface area contributed by atoms with Gasteiger partial charge in [-0.2, -0.15) is 0 Å². The second-order valence-corrected chi connectivity index (χ2v) is 10.6. The normalized spacial score (nSPS) is 19.1. The number of nitrogens with one attached hydrogen (secondary N) is 1. The number of halogens is 1. The van der Waals surface area contributed by atoms with Crippen molar-refractivity contribution in [2.24, 2.45) is 11.3 Å². The van der Waals surface area contributed by atoms with Crippen LogP contribution in [0.15, 0.2) is 54.6 Å². The molecule has 2 fully saturated rings. The lowest BCUT2D eigenvalue weighted by Gasteiger charge is -2.38. The minimum atomic E-state index is -0.201. The zero-order valence-corrected chi connectivity index (χ0v) is 21.1. The quantitative estimate of drug-likeness (QED) is 0.573. The molecule has 2 aromatic rings. The number of piperidine rings is 1. The van der Waals surface area contributed by atoms with Crippen LogP contribution in [-0.2, 0) is 16.1 Å². The van der Waals surface area contributed by atoms with Crippen molar-refractivity contribution >= 4 is 23.4 Å². The molecule has 0 bridgehead atoms. The molecule has 2 aromatic carbocycles. The lowest BCUT2D eigenvalue weighted by molar-refractivity contribution is -0.139. The van der Waals surface area contributed by atoms with Crippen molar-refractivity contribution in [3.05, 3.63) is 70.7 Å². The third-order valence-electron chi connectivity index (χ3n) is 7.48. The van der Waals surface area contributed by atoms with Gasteiger partial charge in [-0.15, -0.1) is 0 Å². The molecule has 0 unspecified atom stereocenters. The summed E-state index contributed by atoms with van der Waals surface area (Å²) in [5.74, 6) is 0.363. The van der Waals surface area contributed by atoms with Gasteiger partial charge in [-0.05, 0) is 62.0 Å². The standard InChI is InChI=1S/C28H36ClN3O2/c1-21(2)26(33)30-25(23-6-4-3-5-7-23)12-16-31-17-13-28(14-18-31)15-19-32(27(28)34)20-22-8-10-24(29)11-9-22/h3-11,21,25H,12-20H2,1-2H3,(H,30,33)/t25-/m0/s1. The Hall–Kier alpha value is -2.37. The number of likely N-dealkylation sites (tertiary alicyclic amines) is 2. The third kappa shape index (κ3) is 5.81. The summed E-state index contributed by atoms with van der Waals surface area (Å²) in [4.78, 5) is 30.2. The second-order valence-electron chi connectivity index (χ2n) is 10.1. The van der Waals surface area contributed by atoms with Crippen LogP contribution in [0.3, 0.4) is 0 Å². The first-order valence-corrected chi connectivity index (χ1v) is 12.9. The molecule has 0 radical (unpaired) electrons. The van der Waals surface area contributed by atoms with Crippen molar-refractivity contribution in [3.8, 4) is 0 Å². The maximum absolute atomic E-state index is 13.3. The number of rotatable bonds is 8. The van der Waals surface area contributed by atoms with Gasteiger partial charge in [0, 0.05) is 30.6 Å². The number of hydrogen-bond donors (Lipinski definition) is 1. The Morgan fingerprint density at radius 1 is 1.00 bits per heavy atom. The second kappa shape index (κ2) is 10.9. The Labute approximate surface area is 208 Å². The van der Waals surface area contributed by atoms with E-state index in [0.717, 1.165) is 68.0 Å². The molecule has 5 nitrogen and oxygen atoms in total. The number of nitrogens with zero attached hydrogens (tertiary/aromatic N) is 2. The van der Waals surface area contributed by atoms with E-state index in [1.807, 2.05) is 61.2 Å². The maximum Gasteiger partial charge on any atom is 0.229 e. The molecule has 6 heteroatoms. The van der Waals surface area contributed by atoms with Crippen LogP contribution in [0.1, 0.15) is 56.7 Å². The molecule has 0 saturated carbocycles. The van der Waals surface area contributed by atoms with Crippen LogP contribution in [0.2, 0.25) is 5.02 Å². The van der Waals surface area contributed by atoms with Gasteiger partial charge in [0.15, 0.2) is 0 Å². The van der Waals surface area contributed by atoms with Crippen LogP contribution in [0.5, 0.6) is 0 Å². The average Bonchev–Trinajstić information content (AvgIpc) is 3.14. The van der Waals surface area contributed by atoms with Gasteiger partial charge in [0.05, 0.1) is 11.5 Å². The summed E-state index contributed by atoms with van der Waals surface area (Å²) in [6.07, 6.45) is 3.64. The van der Waals surface area contributed by atoms with Crippen molar-refractivity contribution in [2.75, 3.05) is 26.2 Å². The Kier molecular flexibility index (Phi) is 7.95. The molecule has 0 aliphatic carbocycles. The van der Waals surface area contributed by atoms with Crippen molar-refractivity contribution < 1.29 is 9.59 Å². The first-order valence-electron chi connectivity index (χ1n) is 12.5. The molecule has 182 valence electrons. The highest BCUT2D eigenvalue weighted by molar-refractivity contribution is 6.30. The summed E-state index contributed by atoms with van der Waals surface area (Å²) >= 11 is 6.00. The minimum absolute atomic E-state index is 0.00923. The van der Waals surface area contributed by atoms with E-state index in [1.165, 1.54) is 0 Å². The number of carbonyl (C=O) groups excluding carboxylic acids is 2. The lowest BCUT2D eigenvalue weighted by Crippen LogP contribution is -2.45. The van der Waals surface area contributed by atoms with E-state index < -0.39 is 0 Å². The van der Waals surface area contributed by atoms with E-state index in [2.05, 4.69) is 22.3 Å². The fraction of sp³-hybridized carbons (Fsp3) is 0.500. The first-order chi connectivity index (χ1) is 16.4. The molecule has 2 aliphatic heterocycles. The molecular formula is C28H36ClN3O2. The van der Waals surface area contributed by atoms with Crippen molar-refractivity contribution in [1.82, 2.24) is 15.1 Å². The van der Waals surface area contributed by atoms with Gasteiger partial charge in [-0.25, -0.2) is 0 Å². The third-order valence-corrected chi connectivity index (χ3v) is 7.73. The Bertz CT molecular complexity index is 969. The number of benzene rings is 2. The van der Waals surface area contributed by atoms with E-state index in [0.29, 0.717) is 12.5 Å². The summed E-state index contributed by atoms with van der Waals surface area (Å²) < 4.78 is 0. The Morgan fingerprint density at radius 3 is 2.29 bits per heavy atom. The van der Waals surface area contributed by atoms with Crippen molar-refractivity contribution in [2.45, 2.75) is 52.1 Å². The Morgan fingerprint density at radius 2 is 1.65 bits per heavy atom. The number of carbonyl (C=O) groups is 2. The zero-order valence-electron chi connectivity index (χ0n) is 20.3. The maximum atomic E-state index is 13.3. The summed E-state index contributed by atoms with van der Waals surface area (Å²) in [5, 5.41) is 3.95. The first kappa shape index (κ1) is 24.7. The SMILES string of the molecule is CC(C)C(=O)N[C@@H](CCN1CCC2(CC1)CCN(Cc1ccc(Cl)cc1)C2=O)c1ccccc1. The molecule has 2 amide bonds. The molecule has 4 rings (SSSR count). The largest absolute Gasteiger partial charge is 0.349 e. The van der Waals surface area contributed by atoms with Crippen molar-refractivity contribution in [3.63, 3.8) is 0 Å². The predicted molar refractivity (Wildman–Crippen MR) is 136 cm³/mol. The van der Waals surface area contributed by atoms with Crippen LogP contribution in [0, 0.1) is 11.3 Å². The smallest absolute Gasteiger partial charge is 0.229 e.